The Labute approximate surface area is 104 Å². The van der Waals surface area contributed by atoms with Crippen LogP contribution in [0.5, 0.6) is 0 Å². The van der Waals surface area contributed by atoms with Crippen LogP contribution < -0.4 is 10.2 Å². The van der Waals surface area contributed by atoms with Crippen LogP contribution in [0.2, 0.25) is 0 Å². The van der Waals surface area contributed by atoms with Crippen molar-refractivity contribution in [3.05, 3.63) is 29.6 Å². The summed E-state index contributed by atoms with van der Waals surface area (Å²) in [6, 6.07) is 5.64. The molecule has 0 aromatic heterocycles. The number of nitrogens with zero attached hydrogens (tertiary/aromatic N) is 1. The summed E-state index contributed by atoms with van der Waals surface area (Å²) in [4.78, 5) is 2.10. The molecule has 3 heteroatoms. The first-order chi connectivity index (χ1) is 8.07. The van der Waals surface area contributed by atoms with Gasteiger partial charge in [-0.3, -0.25) is 0 Å². The van der Waals surface area contributed by atoms with E-state index in [4.69, 9.17) is 0 Å². The maximum absolute atomic E-state index is 13.8. The van der Waals surface area contributed by atoms with Gasteiger partial charge in [-0.25, -0.2) is 4.39 Å². The Bertz CT molecular complexity index is 350. The van der Waals surface area contributed by atoms with Crippen LogP contribution in [0.4, 0.5) is 10.1 Å². The minimum Gasteiger partial charge on any atom is -0.372 e. The number of benzene rings is 1. The van der Waals surface area contributed by atoms with Gasteiger partial charge in [-0.1, -0.05) is 13.0 Å². The van der Waals surface area contributed by atoms with E-state index < -0.39 is 0 Å². The molecule has 0 aliphatic heterocycles. The summed E-state index contributed by atoms with van der Waals surface area (Å²) in [5.74, 6) is -0.126. The van der Waals surface area contributed by atoms with Crippen molar-refractivity contribution in [2.45, 2.75) is 39.8 Å². The van der Waals surface area contributed by atoms with E-state index in [1.54, 1.807) is 6.07 Å². The van der Waals surface area contributed by atoms with Gasteiger partial charge >= 0.3 is 0 Å². The fraction of sp³-hybridized carbons (Fsp3) is 0.571. The second-order valence-electron chi connectivity index (χ2n) is 4.62. The molecule has 17 heavy (non-hydrogen) atoms. The highest BCUT2D eigenvalue weighted by molar-refractivity contribution is 5.54. The van der Waals surface area contributed by atoms with Crippen molar-refractivity contribution in [3.63, 3.8) is 0 Å². The van der Waals surface area contributed by atoms with Crippen molar-refractivity contribution < 1.29 is 4.39 Å². The summed E-state index contributed by atoms with van der Waals surface area (Å²) < 4.78 is 13.8. The fourth-order valence-electron chi connectivity index (χ4n) is 1.72. The summed E-state index contributed by atoms with van der Waals surface area (Å²) >= 11 is 0. The van der Waals surface area contributed by atoms with Crippen molar-refractivity contribution in [1.82, 2.24) is 5.32 Å². The van der Waals surface area contributed by atoms with E-state index in [2.05, 4.69) is 31.0 Å². The molecule has 0 fully saturated rings. The van der Waals surface area contributed by atoms with Crippen LogP contribution in [-0.4, -0.2) is 19.6 Å². The third-order valence-electron chi connectivity index (χ3n) is 2.98. The molecule has 0 saturated heterocycles. The monoisotopic (exact) mass is 238 g/mol. The number of halogens is 1. The van der Waals surface area contributed by atoms with Gasteiger partial charge in [0, 0.05) is 30.9 Å². The van der Waals surface area contributed by atoms with Gasteiger partial charge in [0.1, 0.15) is 5.82 Å². The molecule has 0 atom stereocenters. The molecule has 2 nitrogen and oxygen atoms in total. The molecule has 1 aromatic rings. The molecule has 0 saturated carbocycles. The highest BCUT2D eigenvalue weighted by Gasteiger charge is 2.13. The molecule has 96 valence electrons. The lowest BCUT2D eigenvalue weighted by molar-refractivity contribution is 0.583. The highest BCUT2D eigenvalue weighted by atomic mass is 19.1. The Morgan fingerprint density at radius 1 is 1.35 bits per heavy atom. The number of hydrogen-bond acceptors (Lipinski definition) is 2. The largest absolute Gasteiger partial charge is 0.372 e. The first kappa shape index (κ1) is 14.0. The Morgan fingerprint density at radius 3 is 2.65 bits per heavy atom. The van der Waals surface area contributed by atoms with E-state index in [-0.39, 0.29) is 5.82 Å². The van der Waals surface area contributed by atoms with Gasteiger partial charge in [0.15, 0.2) is 0 Å². The molecular weight excluding hydrogens is 215 g/mol. The van der Waals surface area contributed by atoms with Crippen LogP contribution in [0.15, 0.2) is 18.2 Å². The molecule has 0 bridgehead atoms. The van der Waals surface area contributed by atoms with E-state index in [0.717, 1.165) is 24.2 Å². The number of rotatable bonds is 6. The molecule has 1 N–H and O–H groups in total. The molecule has 0 aliphatic rings. The Hall–Kier alpha value is -1.09. The van der Waals surface area contributed by atoms with Gasteiger partial charge < -0.3 is 10.2 Å². The second kappa shape index (κ2) is 6.60. The fourth-order valence-corrected chi connectivity index (χ4v) is 1.72. The van der Waals surface area contributed by atoms with E-state index in [1.807, 2.05) is 13.1 Å². The number of hydrogen-bond donors (Lipinski definition) is 1. The zero-order chi connectivity index (χ0) is 12.8. The Kier molecular flexibility index (Phi) is 5.42. The zero-order valence-electron chi connectivity index (χ0n) is 11.3. The summed E-state index contributed by atoms with van der Waals surface area (Å²) in [5, 5.41) is 3.26. The van der Waals surface area contributed by atoms with Gasteiger partial charge in [0.25, 0.3) is 0 Å². The Balaban J connectivity index is 2.91. The van der Waals surface area contributed by atoms with Gasteiger partial charge in [-0.05, 0) is 38.9 Å². The smallest absolute Gasteiger partial charge is 0.129 e. The van der Waals surface area contributed by atoms with Crippen molar-refractivity contribution in [1.29, 1.82) is 0 Å². The lowest BCUT2D eigenvalue weighted by atomic mass is 10.1. The van der Waals surface area contributed by atoms with Crippen molar-refractivity contribution in [2.75, 3.05) is 18.5 Å². The third kappa shape index (κ3) is 3.70. The molecule has 0 unspecified atom stereocenters. The summed E-state index contributed by atoms with van der Waals surface area (Å²) in [5.41, 5.74) is 1.74. The lowest BCUT2D eigenvalue weighted by Crippen LogP contribution is -2.28. The predicted octanol–water partition coefficient (Wildman–Crippen LogP) is 3.17. The summed E-state index contributed by atoms with van der Waals surface area (Å²) in [7, 11) is 2.00. The van der Waals surface area contributed by atoms with Crippen LogP contribution in [0.3, 0.4) is 0 Å². The first-order valence-electron chi connectivity index (χ1n) is 6.28. The first-order valence-corrected chi connectivity index (χ1v) is 6.28. The SMILES string of the molecule is CCCNCc1c(F)cccc1N(C)C(C)C. The molecular formula is C14H23FN2. The molecule has 0 heterocycles. The highest BCUT2D eigenvalue weighted by Crippen LogP contribution is 2.23. The predicted molar refractivity (Wildman–Crippen MR) is 71.9 cm³/mol. The van der Waals surface area contributed by atoms with E-state index in [1.165, 1.54) is 6.07 Å². The van der Waals surface area contributed by atoms with Crippen molar-refractivity contribution >= 4 is 5.69 Å². The number of anilines is 1. The molecule has 0 radical (unpaired) electrons. The van der Waals surface area contributed by atoms with Crippen molar-refractivity contribution in [2.24, 2.45) is 0 Å². The molecule has 0 aliphatic carbocycles. The van der Waals surface area contributed by atoms with Crippen LogP contribution in [0.25, 0.3) is 0 Å². The van der Waals surface area contributed by atoms with Gasteiger partial charge in [0.2, 0.25) is 0 Å². The minimum atomic E-state index is -0.126. The minimum absolute atomic E-state index is 0.126. The second-order valence-corrected chi connectivity index (χ2v) is 4.62. The maximum atomic E-state index is 13.8. The van der Waals surface area contributed by atoms with Crippen LogP contribution in [0, 0.1) is 5.82 Å². The molecule has 0 spiro atoms. The standard InChI is InChI=1S/C14H23FN2/c1-5-9-16-10-12-13(15)7-6-8-14(12)17(4)11(2)3/h6-8,11,16H,5,9-10H2,1-4H3. The van der Waals surface area contributed by atoms with Gasteiger partial charge in [-0.2, -0.15) is 0 Å². The molecule has 1 rings (SSSR count). The average molecular weight is 238 g/mol. The Morgan fingerprint density at radius 2 is 2.06 bits per heavy atom. The third-order valence-corrected chi connectivity index (χ3v) is 2.98. The normalized spacial score (nSPS) is 10.9. The summed E-state index contributed by atoms with van der Waals surface area (Å²) in [6.07, 6.45) is 1.06. The van der Waals surface area contributed by atoms with E-state index >= 15 is 0 Å². The molecule has 0 amide bonds. The molecule has 1 aromatic carbocycles. The summed E-state index contributed by atoms with van der Waals surface area (Å²) in [6.45, 7) is 7.82. The number of nitrogens with one attached hydrogen (secondary N) is 1. The van der Waals surface area contributed by atoms with E-state index in [9.17, 15) is 4.39 Å². The zero-order valence-corrected chi connectivity index (χ0v) is 11.3. The van der Waals surface area contributed by atoms with Gasteiger partial charge in [0.05, 0.1) is 0 Å². The lowest BCUT2D eigenvalue weighted by Gasteiger charge is -2.26. The van der Waals surface area contributed by atoms with Crippen LogP contribution in [0.1, 0.15) is 32.8 Å². The van der Waals surface area contributed by atoms with E-state index in [0.29, 0.717) is 12.6 Å². The topological polar surface area (TPSA) is 15.3 Å². The maximum Gasteiger partial charge on any atom is 0.129 e. The quantitative estimate of drug-likeness (QED) is 0.766. The van der Waals surface area contributed by atoms with Crippen LogP contribution >= 0.6 is 0 Å². The van der Waals surface area contributed by atoms with Crippen LogP contribution in [-0.2, 0) is 6.54 Å². The van der Waals surface area contributed by atoms with Crippen molar-refractivity contribution in [3.8, 4) is 0 Å². The van der Waals surface area contributed by atoms with Gasteiger partial charge in [-0.15, -0.1) is 0 Å². The average Bonchev–Trinajstić information content (AvgIpc) is 2.30.